The highest BCUT2D eigenvalue weighted by molar-refractivity contribution is 7.09. The Morgan fingerprint density at radius 3 is 2.64 bits per heavy atom. The largest absolute Gasteiger partial charge is 0.390 e. The van der Waals surface area contributed by atoms with Gasteiger partial charge in [-0.15, -0.1) is 11.3 Å². The number of aliphatic hydroxyl groups excluding tert-OH is 1. The molecule has 0 bridgehead atoms. The lowest BCUT2D eigenvalue weighted by molar-refractivity contribution is 0.277. The number of thiazole rings is 1. The maximum absolute atomic E-state index is 8.85. The van der Waals surface area contributed by atoms with Crippen LogP contribution < -0.4 is 0 Å². The Hall–Kier alpha value is -0.450. The Bertz CT molecular complexity index is 258. The lowest BCUT2D eigenvalue weighted by atomic mass is 10.4. The van der Waals surface area contributed by atoms with Gasteiger partial charge in [-0.1, -0.05) is 13.8 Å². The number of hydrogen-bond acceptors (Lipinski definition) is 4. The van der Waals surface area contributed by atoms with Crippen LogP contribution in [-0.2, 0) is 13.0 Å². The van der Waals surface area contributed by atoms with Crippen molar-refractivity contribution in [3.05, 3.63) is 16.1 Å². The molecule has 1 aromatic heterocycles. The van der Waals surface area contributed by atoms with Gasteiger partial charge in [0.25, 0.3) is 0 Å². The van der Waals surface area contributed by atoms with Gasteiger partial charge in [0.1, 0.15) is 0 Å². The number of nitrogens with zero attached hydrogens (tertiary/aromatic N) is 2. The second kappa shape index (κ2) is 6.11. The average molecular weight is 214 g/mol. The maximum atomic E-state index is 8.85. The number of aromatic nitrogens is 1. The van der Waals surface area contributed by atoms with Gasteiger partial charge in [-0.3, -0.25) is 0 Å². The summed E-state index contributed by atoms with van der Waals surface area (Å²) >= 11 is 1.64. The molecule has 1 aromatic rings. The van der Waals surface area contributed by atoms with Crippen LogP contribution in [0.4, 0.5) is 0 Å². The SMILES string of the molecule is CCN(CC)CCc1nc(CO)cs1. The van der Waals surface area contributed by atoms with Gasteiger partial charge in [-0.2, -0.15) is 0 Å². The van der Waals surface area contributed by atoms with Crippen molar-refractivity contribution in [2.24, 2.45) is 0 Å². The summed E-state index contributed by atoms with van der Waals surface area (Å²) in [5, 5.41) is 11.9. The third-order valence-electron chi connectivity index (χ3n) is 2.30. The minimum atomic E-state index is 0.0573. The number of likely N-dealkylation sites (N-methyl/N-ethyl adjacent to an activating group) is 1. The van der Waals surface area contributed by atoms with Crippen molar-refractivity contribution >= 4 is 11.3 Å². The van der Waals surface area contributed by atoms with E-state index in [1.54, 1.807) is 11.3 Å². The number of rotatable bonds is 6. The summed E-state index contributed by atoms with van der Waals surface area (Å²) in [7, 11) is 0. The van der Waals surface area contributed by atoms with E-state index in [9.17, 15) is 0 Å². The van der Waals surface area contributed by atoms with E-state index in [0.717, 1.165) is 36.8 Å². The third kappa shape index (κ3) is 3.36. The van der Waals surface area contributed by atoms with E-state index in [-0.39, 0.29) is 6.61 Å². The molecule has 0 aliphatic rings. The van der Waals surface area contributed by atoms with Crippen LogP contribution in [0.2, 0.25) is 0 Å². The van der Waals surface area contributed by atoms with Crippen molar-refractivity contribution in [3.8, 4) is 0 Å². The van der Waals surface area contributed by atoms with Gasteiger partial charge < -0.3 is 10.0 Å². The lowest BCUT2D eigenvalue weighted by Crippen LogP contribution is -2.25. The molecule has 1 heterocycles. The lowest BCUT2D eigenvalue weighted by Gasteiger charge is -2.16. The van der Waals surface area contributed by atoms with E-state index in [0.29, 0.717) is 0 Å². The normalized spacial score (nSPS) is 11.1. The van der Waals surface area contributed by atoms with E-state index in [4.69, 9.17) is 5.11 Å². The molecule has 4 heteroatoms. The van der Waals surface area contributed by atoms with Crippen LogP contribution in [0.25, 0.3) is 0 Å². The summed E-state index contributed by atoms with van der Waals surface area (Å²) < 4.78 is 0. The fourth-order valence-electron chi connectivity index (χ4n) is 1.33. The highest BCUT2D eigenvalue weighted by Gasteiger charge is 2.03. The molecule has 0 spiro atoms. The molecule has 14 heavy (non-hydrogen) atoms. The van der Waals surface area contributed by atoms with Gasteiger partial charge in [0.2, 0.25) is 0 Å². The molecular weight excluding hydrogens is 196 g/mol. The van der Waals surface area contributed by atoms with E-state index in [2.05, 4.69) is 23.7 Å². The molecule has 0 saturated heterocycles. The first kappa shape index (κ1) is 11.6. The molecule has 0 radical (unpaired) electrons. The first-order chi connectivity index (χ1) is 6.80. The molecule has 3 nitrogen and oxygen atoms in total. The van der Waals surface area contributed by atoms with Crippen LogP contribution in [0, 0.1) is 0 Å². The highest BCUT2D eigenvalue weighted by atomic mass is 32.1. The number of aliphatic hydroxyl groups is 1. The van der Waals surface area contributed by atoms with Crippen LogP contribution >= 0.6 is 11.3 Å². The molecule has 0 unspecified atom stereocenters. The summed E-state index contributed by atoms with van der Waals surface area (Å²) in [6, 6.07) is 0. The van der Waals surface area contributed by atoms with Crippen molar-refractivity contribution in [1.29, 1.82) is 0 Å². The third-order valence-corrected chi connectivity index (χ3v) is 3.26. The Balaban J connectivity index is 2.37. The monoisotopic (exact) mass is 214 g/mol. The molecule has 0 aliphatic heterocycles. The van der Waals surface area contributed by atoms with Crippen LogP contribution in [0.1, 0.15) is 24.5 Å². The second-order valence-electron chi connectivity index (χ2n) is 3.17. The Kier molecular flexibility index (Phi) is 5.07. The van der Waals surface area contributed by atoms with Crippen molar-refractivity contribution in [2.75, 3.05) is 19.6 Å². The standard InChI is InChI=1S/C10H18N2OS/c1-3-12(4-2)6-5-10-11-9(7-13)8-14-10/h8,13H,3-7H2,1-2H3. The second-order valence-corrected chi connectivity index (χ2v) is 4.11. The van der Waals surface area contributed by atoms with Crippen molar-refractivity contribution < 1.29 is 5.11 Å². The molecule has 1 rings (SSSR count). The molecule has 80 valence electrons. The molecule has 0 saturated carbocycles. The fraction of sp³-hybridized carbons (Fsp3) is 0.700. The predicted molar refractivity (Wildman–Crippen MR) is 59.5 cm³/mol. The zero-order valence-electron chi connectivity index (χ0n) is 8.86. The van der Waals surface area contributed by atoms with E-state index in [1.807, 2.05) is 5.38 Å². The van der Waals surface area contributed by atoms with E-state index >= 15 is 0 Å². The van der Waals surface area contributed by atoms with E-state index < -0.39 is 0 Å². The molecule has 0 fully saturated rings. The summed E-state index contributed by atoms with van der Waals surface area (Å²) in [4.78, 5) is 6.69. The molecule has 0 amide bonds. The number of hydrogen-bond donors (Lipinski definition) is 1. The Labute approximate surface area is 89.4 Å². The Morgan fingerprint density at radius 2 is 2.14 bits per heavy atom. The van der Waals surface area contributed by atoms with Crippen LogP contribution in [0.5, 0.6) is 0 Å². The topological polar surface area (TPSA) is 36.4 Å². The van der Waals surface area contributed by atoms with Crippen molar-refractivity contribution in [1.82, 2.24) is 9.88 Å². The summed E-state index contributed by atoms with van der Waals surface area (Å²) in [6.45, 7) is 7.64. The zero-order chi connectivity index (χ0) is 10.4. The predicted octanol–water partition coefficient (Wildman–Crippen LogP) is 1.52. The highest BCUT2D eigenvalue weighted by Crippen LogP contribution is 2.10. The van der Waals surface area contributed by atoms with Crippen LogP contribution in [-0.4, -0.2) is 34.6 Å². The molecule has 0 aromatic carbocycles. The van der Waals surface area contributed by atoms with Gasteiger partial charge in [-0.05, 0) is 13.1 Å². The van der Waals surface area contributed by atoms with Crippen LogP contribution in [0.15, 0.2) is 5.38 Å². The first-order valence-electron chi connectivity index (χ1n) is 5.06. The van der Waals surface area contributed by atoms with Crippen molar-refractivity contribution in [3.63, 3.8) is 0 Å². The summed E-state index contributed by atoms with van der Waals surface area (Å²) in [5.74, 6) is 0. The minimum Gasteiger partial charge on any atom is -0.390 e. The summed E-state index contributed by atoms with van der Waals surface area (Å²) in [5.41, 5.74) is 0.796. The smallest absolute Gasteiger partial charge is 0.0942 e. The van der Waals surface area contributed by atoms with E-state index in [1.165, 1.54) is 0 Å². The molecular formula is C10H18N2OS. The maximum Gasteiger partial charge on any atom is 0.0942 e. The molecule has 1 N–H and O–H groups in total. The zero-order valence-corrected chi connectivity index (χ0v) is 9.68. The molecule has 0 aliphatic carbocycles. The van der Waals surface area contributed by atoms with Crippen LogP contribution in [0.3, 0.4) is 0 Å². The fourth-order valence-corrected chi connectivity index (χ4v) is 2.11. The van der Waals surface area contributed by atoms with Gasteiger partial charge in [-0.25, -0.2) is 4.98 Å². The first-order valence-corrected chi connectivity index (χ1v) is 5.94. The van der Waals surface area contributed by atoms with Gasteiger partial charge >= 0.3 is 0 Å². The molecule has 0 atom stereocenters. The summed E-state index contributed by atoms with van der Waals surface area (Å²) in [6.07, 6.45) is 0.992. The van der Waals surface area contributed by atoms with Gasteiger partial charge in [0.15, 0.2) is 0 Å². The quantitative estimate of drug-likeness (QED) is 0.780. The van der Waals surface area contributed by atoms with Gasteiger partial charge in [0, 0.05) is 18.3 Å². The Morgan fingerprint density at radius 1 is 1.43 bits per heavy atom. The minimum absolute atomic E-state index is 0.0573. The van der Waals surface area contributed by atoms with Crippen molar-refractivity contribution in [2.45, 2.75) is 26.9 Å². The average Bonchev–Trinajstić information content (AvgIpc) is 2.67. The van der Waals surface area contributed by atoms with Gasteiger partial charge in [0.05, 0.1) is 17.3 Å².